The summed E-state index contributed by atoms with van der Waals surface area (Å²) in [6.07, 6.45) is 0. The van der Waals surface area contributed by atoms with Crippen molar-refractivity contribution in [2.45, 2.75) is 0 Å². The normalized spacial score (nSPS) is 10.9. The second-order valence-corrected chi connectivity index (χ2v) is 4.86. The molecule has 0 saturated heterocycles. The van der Waals surface area contributed by atoms with E-state index in [0.29, 0.717) is 11.3 Å². The Labute approximate surface area is 107 Å². The molecule has 90 valence electrons. The Morgan fingerprint density at radius 2 is 2.06 bits per heavy atom. The van der Waals surface area contributed by atoms with Gasteiger partial charge in [0.05, 0.1) is 12.7 Å². The van der Waals surface area contributed by atoms with Crippen LogP contribution in [0.15, 0.2) is 35.7 Å². The maximum atomic E-state index is 11.3. The number of hydrogen-bond acceptors (Lipinski definition) is 3. The molecule has 0 saturated carbocycles. The molecule has 0 fully saturated rings. The summed E-state index contributed by atoms with van der Waals surface area (Å²) >= 11 is 1.45. The van der Waals surface area contributed by atoms with Gasteiger partial charge in [0.15, 0.2) is 0 Å². The molecule has 1 N–H and O–H groups in total. The Balaban J connectivity index is 2.55. The highest BCUT2D eigenvalue weighted by Gasteiger charge is 2.14. The number of methoxy groups -OCH3 is 1. The maximum absolute atomic E-state index is 11.3. The van der Waals surface area contributed by atoms with Crippen molar-refractivity contribution < 1.29 is 14.6 Å². The summed E-state index contributed by atoms with van der Waals surface area (Å²) in [6.45, 7) is 0. The number of hydrogen-bond donors (Lipinski definition) is 1. The van der Waals surface area contributed by atoms with E-state index in [0.717, 1.165) is 20.9 Å². The lowest BCUT2D eigenvalue weighted by atomic mass is 10.0. The van der Waals surface area contributed by atoms with E-state index in [1.54, 1.807) is 13.2 Å². The number of fused-ring (bicyclic) bond motifs is 3. The van der Waals surface area contributed by atoms with E-state index >= 15 is 0 Å². The molecule has 1 heterocycles. The fourth-order valence-electron chi connectivity index (χ4n) is 2.20. The summed E-state index contributed by atoms with van der Waals surface area (Å²) < 4.78 is 6.11. The summed E-state index contributed by atoms with van der Waals surface area (Å²) in [7, 11) is 1.59. The highest BCUT2D eigenvalue weighted by Crippen LogP contribution is 2.36. The predicted molar refractivity (Wildman–Crippen MR) is 72.8 cm³/mol. The summed E-state index contributed by atoms with van der Waals surface area (Å²) in [4.78, 5) is 11.3. The molecule has 4 heteroatoms. The van der Waals surface area contributed by atoms with Crippen molar-refractivity contribution in [1.82, 2.24) is 0 Å². The topological polar surface area (TPSA) is 46.5 Å². The van der Waals surface area contributed by atoms with Crippen LogP contribution < -0.4 is 4.74 Å². The number of thiophene rings is 1. The third kappa shape index (κ3) is 1.46. The van der Waals surface area contributed by atoms with Gasteiger partial charge in [0.2, 0.25) is 0 Å². The molecule has 0 aliphatic carbocycles. The van der Waals surface area contributed by atoms with E-state index in [9.17, 15) is 9.90 Å². The highest BCUT2D eigenvalue weighted by atomic mass is 32.1. The standard InChI is InChI=1S/C14H10O3S/c1-17-12-4-2-3-8-9-5-6-18-13(9)11(14(15)16)7-10(8)12/h2-7H,1H3,(H,15,16). The fraction of sp³-hybridized carbons (Fsp3) is 0.0714. The average molecular weight is 258 g/mol. The molecule has 0 aliphatic heterocycles. The first-order chi connectivity index (χ1) is 8.72. The molecule has 0 aliphatic rings. The first-order valence-electron chi connectivity index (χ1n) is 5.42. The monoisotopic (exact) mass is 258 g/mol. The summed E-state index contributed by atoms with van der Waals surface area (Å²) in [5.74, 6) is -0.210. The maximum Gasteiger partial charge on any atom is 0.337 e. The molecule has 0 spiro atoms. The van der Waals surface area contributed by atoms with Crippen LogP contribution >= 0.6 is 11.3 Å². The van der Waals surface area contributed by atoms with Crippen LogP contribution in [0.2, 0.25) is 0 Å². The van der Waals surface area contributed by atoms with Crippen LogP contribution in [0.5, 0.6) is 5.75 Å². The molecule has 0 radical (unpaired) electrons. The van der Waals surface area contributed by atoms with Crippen molar-refractivity contribution in [3.05, 3.63) is 41.3 Å². The number of rotatable bonds is 2. The van der Waals surface area contributed by atoms with E-state index in [-0.39, 0.29) is 0 Å². The van der Waals surface area contributed by atoms with Crippen molar-refractivity contribution >= 4 is 38.2 Å². The van der Waals surface area contributed by atoms with Gasteiger partial charge in [-0.2, -0.15) is 0 Å². The highest BCUT2D eigenvalue weighted by molar-refractivity contribution is 7.17. The molecule has 0 bridgehead atoms. The molecule has 3 nitrogen and oxygen atoms in total. The number of carboxylic acid groups (broad SMARTS) is 1. The Bertz CT molecular complexity index is 758. The quantitative estimate of drug-likeness (QED) is 0.761. The number of benzene rings is 2. The minimum absolute atomic E-state index is 0.331. The van der Waals surface area contributed by atoms with Gasteiger partial charge in [0.25, 0.3) is 0 Å². The van der Waals surface area contributed by atoms with Crippen LogP contribution in [0.1, 0.15) is 10.4 Å². The zero-order chi connectivity index (χ0) is 12.7. The Morgan fingerprint density at radius 1 is 1.22 bits per heavy atom. The van der Waals surface area contributed by atoms with Gasteiger partial charge in [-0.3, -0.25) is 0 Å². The van der Waals surface area contributed by atoms with Gasteiger partial charge in [-0.1, -0.05) is 12.1 Å². The zero-order valence-corrected chi connectivity index (χ0v) is 10.5. The summed E-state index contributed by atoms with van der Waals surface area (Å²) in [6, 6.07) is 9.38. The summed E-state index contributed by atoms with van der Waals surface area (Å²) in [5.41, 5.74) is 0.331. The Morgan fingerprint density at radius 3 is 2.78 bits per heavy atom. The second kappa shape index (κ2) is 3.99. The Kier molecular flexibility index (Phi) is 2.45. The van der Waals surface area contributed by atoms with E-state index in [1.165, 1.54) is 11.3 Å². The molecular formula is C14H10O3S. The predicted octanol–water partition coefficient (Wildman–Crippen LogP) is 3.76. The Hall–Kier alpha value is -2.07. The molecule has 2 aromatic carbocycles. The van der Waals surface area contributed by atoms with Crippen molar-refractivity contribution in [2.24, 2.45) is 0 Å². The minimum atomic E-state index is -0.907. The van der Waals surface area contributed by atoms with E-state index in [2.05, 4.69) is 0 Å². The number of carboxylic acids is 1. The minimum Gasteiger partial charge on any atom is -0.496 e. The number of ether oxygens (including phenoxy) is 1. The van der Waals surface area contributed by atoms with Crippen molar-refractivity contribution in [2.75, 3.05) is 7.11 Å². The lowest BCUT2D eigenvalue weighted by Crippen LogP contribution is -1.97. The molecule has 1 aromatic heterocycles. The lowest BCUT2D eigenvalue weighted by molar-refractivity contribution is 0.0699. The third-order valence-corrected chi connectivity index (χ3v) is 3.95. The largest absolute Gasteiger partial charge is 0.496 e. The van der Waals surface area contributed by atoms with Crippen LogP contribution in [-0.2, 0) is 0 Å². The first kappa shape index (κ1) is 11.0. The van der Waals surface area contributed by atoms with Gasteiger partial charge in [-0.15, -0.1) is 11.3 Å². The van der Waals surface area contributed by atoms with Gasteiger partial charge in [-0.05, 0) is 29.0 Å². The van der Waals surface area contributed by atoms with E-state index in [1.807, 2.05) is 29.6 Å². The average Bonchev–Trinajstić information content (AvgIpc) is 2.86. The molecule has 3 rings (SSSR count). The molecule has 0 atom stereocenters. The number of carbonyl (C=O) groups is 1. The summed E-state index contributed by atoms with van der Waals surface area (Å²) in [5, 5.41) is 14.0. The molecule has 18 heavy (non-hydrogen) atoms. The molecule has 3 aromatic rings. The van der Waals surface area contributed by atoms with Crippen LogP contribution in [0.25, 0.3) is 20.9 Å². The van der Waals surface area contributed by atoms with Crippen LogP contribution in [0.4, 0.5) is 0 Å². The lowest BCUT2D eigenvalue weighted by Gasteiger charge is -2.08. The van der Waals surface area contributed by atoms with Crippen LogP contribution in [-0.4, -0.2) is 18.2 Å². The molecular weight excluding hydrogens is 248 g/mol. The third-order valence-electron chi connectivity index (χ3n) is 3.01. The molecule has 0 amide bonds. The van der Waals surface area contributed by atoms with Gasteiger partial charge in [0.1, 0.15) is 5.75 Å². The van der Waals surface area contributed by atoms with E-state index in [4.69, 9.17) is 4.74 Å². The zero-order valence-electron chi connectivity index (χ0n) is 9.64. The van der Waals surface area contributed by atoms with Gasteiger partial charge < -0.3 is 9.84 Å². The fourth-order valence-corrected chi connectivity index (χ4v) is 3.12. The number of aromatic carboxylic acids is 1. The van der Waals surface area contributed by atoms with Crippen molar-refractivity contribution in [3.8, 4) is 5.75 Å². The van der Waals surface area contributed by atoms with Crippen LogP contribution in [0.3, 0.4) is 0 Å². The van der Waals surface area contributed by atoms with Gasteiger partial charge in [0, 0.05) is 15.5 Å². The smallest absolute Gasteiger partial charge is 0.337 e. The van der Waals surface area contributed by atoms with Crippen molar-refractivity contribution in [1.29, 1.82) is 0 Å². The van der Waals surface area contributed by atoms with Gasteiger partial charge in [-0.25, -0.2) is 4.79 Å². The van der Waals surface area contributed by atoms with Crippen molar-refractivity contribution in [3.63, 3.8) is 0 Å². The van der Waals surface area contributed by atoms with E-state index < -0.39 is 5.97 Å². The van der Waals surface area contributed by atoms with Crippen LogP contribution in [0, 0.1) is 0 Å². The SMILES string of the molecule is COc1cccc2c1cc(C(=O)O)c1sccc12. The van der Waals surface area contributed by atoms with Gasteiger partial charge >= 0.3 is 5.97 Å². The first-order valence-corrected chi connectivity index (χ1v) is 6.30. The molecule has 0 unspecified atom stereocenters. The second-order valence-electron chi connectivity index (χ2n) is 3.95.